The van der Waals surface area contributed by atoms with Gasteiger partial charge in [0.25, 0.3) is 11.8 Å². The molecule has 2 N–H and O–H groups in total. The quantitative estimate of drug-likeness (QED) is 0.136. The molecule has 2 aromatic carbocycles. The van der Waals surface area contributed by atoms with E-state index in [1.54, 1.807) is 18.9 Å². The second kappa shape index (κ2) is 23.3. The van der Waals surface area contributed by atoms with Crippen LogP contribution in [-0.4, -0.2) is 97.1 Å². The van der Waals surface area contributed by atoms with Crippen molar-refractivity contribution < 1.29 is 38.1 Å². The van der Waals surface area contributed by atoms with Gasteiger partial charge in [0.1, 0.15) is 37.6 Å². The number of fused-ring (bicyclic) bond motifs is 4. The molecule has 0 radical (unpaired) electrons. The molecule has 8 heterocycles. The molecule has 0 unspecified atom stereocenters. The Hall–Kier alpha value is -9.34. The number of H-pyrrole nitrogens is 2. The number of nitrogens with one attached hydrogen (secondary N) is 2. The molecule has 8 aromatic rings. The first-order chi connectivity index (χ1) is 36.7. The zero-order valence-corrected chi connectivity index (χ0v) is 42.7. The second-order valence-electron chi connectivity index (χ2n) is 17.8. The van der Waals surface area contributed by atoms with Gasteiger partial charge in [0.15, 0.2) is 34.2 Å². The zero-order valence-electron chi connectivity index (χ0n) is 42.7. The van der Waals surface area contributed by atoms with Crippen LogP contribution in [0, 0.1) is 0 Å². The van der Waals surface area contributed by atoms with Crippen molar-refractivity contribution in [2.24, 2.45) is 0 Å². The van der Waals surface area contributed by atoms with Crippen LogP contribution in [0.25, 0.3) is 11.3 Å². The fourth-order valence-electron chi connectivity index (χ4n) is 8.76. The Kier molecular flexibility index (Phi) is 16.2. The summed E-state index contributed by atoms with van der Waals surface area (Å²) >= 11 is 0. The number of amides is 2. The van der Waals surface area contributed by atoms with Gasteiger partial charge in [-0.25, -0.2) is 38.2 Å². The van der Waals surface area contributed by atoms with Crippen molar-refractivity contribution in [3.05, 3.63) is 196 Å². The molecule has 2 amide bonds. The summed E-state index contributed by atoms with van der Waals surface area (Å²) in [6.45, 7) is 13.0. The highest BCUT2D eigenvalue weighted by Gasteiger charge is 2.34. The third-order valence-corrected chi connectivity index (χ3v) is 12.5. The maximum atomic E-state index is 13.4. The number of hydrogen-bond acceptors (Lipinski definition) is 14. The van der Waals surface area contributed by atoms with E-state index in [1.807, 2.05) is 102 Å². The molecule has 22 heteroatoms. The summed E-state index contributed by atoms with van der Waals surface area (Å²) in [5, 5.41) is 12.3. The van der Waals surface area contributed by atoms with Crippen LogP contribution in [0.4, 0.5) is 0 Å². The highest BCUT2D eigenvalue weighted by Crippen LogP contribution is 2.27. The maximum absolute atomic E-state index is 13.4. The Bertz CT molecular complexity index is 3440. The van der Waals surface area contributed by atoms with Crippen molar-refractivity contribution in [3.63, 3.8) is 0 Å². The molecular weight excluding hydrogens is 981 g/mol. The van der Waals surface area contributed by atoms with Gasteiger partial charge in [-0.05, 0) is 63.1 Å². The number of esters is 2. The standard InChI is InChI=1S/2C26H25N5O6.C2H6/c2*1-16(2)29-11-12-30-18(15-37-25(34)19-9-6-10-31-23(19)27-28-26(31)35)13-20(32)22(21(30)24(29)33)36-14-17-7-4-3-5-8-17;1-2/h2*3-10,13,16H,11-12,14-15H2,1-2H3,(H,28,35);1-2H3. The van der Waals surface area contributed by atoms with Crippen molar-refractivity contribution in [3.8, 4) is 11.5 Å². The number of carbonyl (C=O) groups excluding carboxylic acids is 4. The van der Waals surface area contributed by atoms with E-state index in [2.05, 4.69) is 20.4 Å². The number of ether oxygens (including phenoxy) is 4. The molecule has 22 nitrogen and oxygen atoms in total. The lowest BCUT2D eigenvalue weighted by Gasteiger charge is -2.34. The molecule has 0 saturated carbocycles. The van der Waals surface area contributed by atoms with Crippen LogP contribution in [-0.2, 0) is 49.0 Å². The van der Waals surface area contributed by atoms with E-state index in [0.29, 0.717) is 37.6 Å². The summed E-state index contributed by atoms with van der Waals surface area (Å²) in [5.41, 5.74) is 1.23. The maximum Gasteiger partial charge on any atom is 0.347 e. The number of pyridine rings is 4. The predicted octanol–water partition coefficient (Wildman–Crippen LogP) is 5.00. The first kappa shape index (κ1) is 53.0. The number of aromatic nitrogens is 8. The van der Waals surface area contributed by atoms with E-state index in [0.717, 1.165) is 11.1 Å². The third kappa shape index (κ3) is 11.0. The average Bonchev–Trinajstić information content (AvgIpc) is 4.04. The summed E-state index contributed by atoms with van der Waals surface area (Å²) in [7, 11) is 0. The van der Waals surface area contributed by atoms with E-state index >= 15 is 0 Å². The van der Waals surface area contributed by atoms with E-state index in [9.17, 15) is 38.4 Å². The molecule has 76 heavy (non-hydrogen) atoms. The van der Waals surface area contributed by atoms with Crippen molar-refractivity contribution in [1.29, 1.82) is 0 Å². The molecule has 0 spiro atoms. The summed E-state index contributed by atoms with van der Waals surface area (Å²) < 4.78 is 28.5. The smallest absolute Gasteiger partial charge is 0.347 e. The first-order valence-electron chi connectivity index (χ1n) is 24.6. The minimum Gasteiger partial charge on any atom is -0.483 e. The average molecular weight is 1040 g/mol. The van der Waals surface area contributed by atoms with E-state index in [4.69, 9.17) is 18.9 Å². The van der Waals surface area contributed by atoms with Gasteiger partial charge in [0, 0.05) is 62.8 Å². The topological polar surface area (TPSA) is 256 Å². The van der Waals surface area contributed by atoms with E-state index < -0.39 is 34.2 Å². The highest BCUT2D eigenvalue weighted by atomic mass is 16.5. The summed E-state index contributed by atoms with van der Waals surface area (Å²) in [6, 6.07) is 27.3. The fourth-order valence-corrected chi connectivity index (χ4v) is 8.76. The predicted molar refractivity (Wildman–Crippen MR) is 277 cm³/mol. The summed E-state index contributed by atoms with van der Waals surface area (Å²) in [6.07, 6.45) is 2.96. The van der Waals surface area contributed by atoms with E-state index in [-0.39, 0.29) is 95.6 Å². The van der Waals surface area contributed by atoms with Crippen LogP contribution in [0.15, 0.2) is 129 Å². The SMILES string of the molecule is CC.CC(C)N1CCn2c(COC(=O)c3cccn4c(=O)[nH]nc34)cc(=O)c(OCc3ccccc3)c2C1=O.CC(C)N1CCn2c(COC(=O)c3cccn4c(=O)[nH]nc34)cc(=O)c(OCc3ccccc3)c2C1=O. The van der Waals surface area contributed by atoms with Crippen molar-refractivity contribution in [1.82, 2.24) is 48.1 Å². The minimum atomic E-state index is -0.721. The first-order valence-corrected chi connectivity index (χ1v) is 24.6. The Balaban J connectivity index is 0.000000195. The van der Waals surface area contributed by atoms with Crippen LogP contribution >= 0.6 is 0 Å². The van der Waals surface area contributed by atoms with Crippen molar-refractivity contribution in [2.75, 3.05) is 13.1 Å². The molecular formula is C54H56N10O12. The van der Waals surface area contributed by atoms with Gasteiger partial charge in [0.05, 0.1) is 11.4 Å². The number of rotatable bonds is 14. The van der Waals surface area contributed by atoms with Crippen LogP contribution in [0.1, 0.15) is 106 Å². The lowest BCUT2D eigenvalue weighted by atomic mass is 10.1. The van der Waals surface area contributed by atoms with Gasteiger partial charge in [-0.3, -0.25) is 19.2 Å². The zero-order chi connectivity index (χ0) is 54.2. The van der Waals surface area contributed by atoms with Crippen LogP contribution in [0.2, 0.25) is 0 Å². The number of hydrogen-bond donors (Lipinski definition) is 2. The highest BCUT2D eigenvalue weighted by molar-refractivity contribution is 5.98. The van der Waals surface area contributed by atoms with Crippen LogP contribution in [0.3, 0.4) is 0 Å². The largest absolute Gasteiger partial charge is 0.483 e. The van der Waals surface area contributed by atoms with Gasteiger partial charge in [0.2, 0.25) is 10.9 Å². The number of benzene rings is 2. The normalized spacial score (nSPS) is 12.9. The lowest BCUT2D eigenvalue weighted by molar-refractivity contribution is 0.0446. The molecule has 6 aromatic heterocycles. The number of aromatic amines is 2. The van der Waals surface area contributed by atoms with Gasteiger partial charge in [-0.1, -0.05) is 74.5 Å². The van der Waals surface area contributed by atoms with Gasteiger partial charge in [-0.2, -0.15) is 10.2 Å². The summed E-state index contributed by atoms with van der Waals surface area (Å²) in [4.78, 5) is 106. The van der Waals surface area contributed by atoms with Crippen LogP contribution in [0.5, 0.6) is 11.5 Å². The molecule has 0 fully saturated rings. The lowest BCUT2D eigenvalue weighted by Crippen LogP contribution is -2.46. The molecule has 2 aliphatic heterocycles. The van der Waals surface area contributed by atoms with Crippen molar-refractivity contribution >= 4 is 35.0 Å². The fraction of sp³-hybridized carbons (Fsp3) is 0.296. The van der Waals surface area contributed by atoms with Gasteiger partial charge < -0.3 is 37.9 Å². The molecule has 0 aliphatic carbocycles. The monoisotopic (exact) mass is 1040 g/mol. The molecule has 2 aliphatic rings. The molecule has 0 saturated heterocycles. The molecule has 394 valence electrons. The van der Waals surface area contributed by atoms with E-state index in [1.165, 1.54) is 57.6 Å². The molecule has 10 rings (SSSR count). The van der Waals surface area contributed by atoms with Crippen molar-refractivity contribution in [2.45, 2.75) is 93.1 Å². The summed E-state index contributed by atoms with van der Waals surface area (Å²) in [5.74, 6) is -2.15. The Morgan fingerprint density at radius 1 is 0.526 bits per heavy atom. The Morgan fingerprint density at radius 2 is 0.908 bits per heavy atom. The minimum absolute atomic E-state index is 0.0325. The Morgan fingerprint density at radius 3 is 1.28 bits per heavy atom. The number of nitrogens with zero attached hydrogens (tertiary/aromatic N) is 8. The molecule has 0 atom stereocenters. The van der Waals surface area contributed by atoms with Crippen LogP contribution < -0.4 is 31.7 Å². The number of carbonyl (C=O) groups is 4. The van der Waals surface area contributed by atoms with Gasteiger partial charge >= 0.3 is 23.3 Å². The second-order valence-corrected chi connectivity index (χ2v) is 17.8. The van der Waals surface area contributed by atoms with Gasteiger partial charge in [-0.15, -0.1) is 0 Å². The molecule has 0 bridgehead atoms. The third-order valence-electron chi connectivity index (χ3n) is 12.5. The Labute approximate surface area is 433 Å².